The van der Waals surface area contributed by atoms with Gasteiger partial charge in [0.2, 0.25) is 5.91 Å². The number of alkyl carbamates (subject to hydrolysis) is 1. The number of halogens is 1. The van der Waals surface area contributed by atoms with Gasteiger partial charge in [-0.25, -0.2) is 9.18 Å². The van der Waals surface area contributed by atoms with Crippen molar-refractivity contribution >= 4 is 12.0 Å². The van der Waals surface area contributed by atoms with Crippen LogP contribution >= 0.6 is 0 Å². The topological polar surface area (TPSA) is 76.7 Å². The summed E-state index contributed by atoms with van der Waals surface area (Å²) >= 11 is 0. The first-order valence-corrected chi connectivity index (χ1v) is 9.89. The van der Waals surface area contributed by atoms with Crippen molar-refractivity contribution in [2.75, 3.05) is 0 Å². The number of ether oxygens (including phenoxy) is 2. The van der Waals surface area contributed by atoms with Gasteiger partial charge in [0.25, 0.3) is 0 Å². The van der Waals surface area contributed by atoms with E-state index in [1.165, 1.54) is 12.1 Å². The van der Waals surface area contributed by atoms with E-state index in [2.05, 4.69) is 10.6 Å². The highest BCUT2D eigenvalue weighted by atomic mass is 19.1. The van der Waals surface area contributed by atoms with E-state index in [9.17, 15) is 14.0 Å². The Kier molecular flexibility index (Phi) is 8.21. The van der Waals surface area contributed by atoms with E-state index < -0.39 is 17.7 Å². The molecule has 2 aromatic rings. The maximum absolute atomic E-state index is 12.9. The molecule has 7 heteroatoms. The largest absolute Gasteiger partial charge is 0.489 e. The summed E-state index contributed by atoms with van der Waals surface area (Å²) in [6, 6.07) is 12.8. The zero-order chi connectivity index (χ0) is 22.1. The average Bonchev–Trinajstić information content (AvgIpc) is 2.69. The summed E-state index contributed by atoms with van der Waals surface area (Å²) in [5, 5.41) is 5.40. The van der Waals surface area contributed by atoms with Crippen molar-refractivity contribution in [2.24, 2.45) is 0 Å². The summed E-state index contributed by atoms with van der Waals surface area (Å²) in [4.78, 5) is 24.2. The van der Waals surface area contributed by atoms with Crippen LogP contribution < -0.4 is 15.4 Å². The summed E-state index contributed by atoms with van der Waals surface area (Å²) < 4.78 is 23.8. The van der Waals surface area contributed by atoms with Crippen LogP contribution in [-0.4, -0.2) is 23.6 Å². The van der Waals surface area contributed by atoms with Crippen LogP contribution in [0.3, 0.4) is 0 Å². The Hall–Kier alpha value is -3.09. The molecular formula is C23H29FN2O4. The number of amides is 2. The fourth-order valence-electron chi connectivity index (χ4n) is 2.57. The lowest BCUT2D eigenvalue weighted by Gasteiger charge is -2.22. The molecule has 0 aliphatic carbocycles. The van der Waals surface area contributed by atoms with Gasteiger partial charge in [0.1, 0.15) is 29.8 Å². The van der Waals surface area contributed by atoms with Crippen molar-refractivity contribution < 1.29 is 23.5 Å². The minimum Gasteiger partial charge on any atom is -0.489 e. The van der Waals surface area contributed by atoms with Crippen LogP contribution in [0, 0.1) is 5.82 Å². The maximum atomic E-state index is 12.9. The minimum atomic E-state index is -0.668. The fourth-order valence-corrected chi connectivity index (χ4v) is 2.57. The smallest absolute Gasteiger partial charge is 0.408 e. The standard InChI is InChI=1S/C23H29FN2O4/c1-5-20(26-22(28)30-23(2,3)4)21(27)25-14-16-8-12-19(13-9-16)29-15-17-6-10-18(24)11-7-17/h6-13,20H,5,14-15H2,1-4H3,(H,25,27)(H,26,28). The van der Waals surface area contributed by atoms with Crippen LogP contribution in [0.2, 0.25) is 0 Å². The molecule has 2 aromatic carbocycles. The second kappa shape index (κ2) is 10.6. The molecule has 0 spiro atoms. The number of hydrogen-bond donors (Lipinski definition) is 2. The molecule has 2 amide bonds. The van der Waals surface area contributed by atoms with Crippen LogP contribution in [0.1, 0.15) is 45.2 Å². The Morgan fingerprint density at radius 1 is 1.00 bits per heavy atom. The molecule has 6 nitrogen and oxygen atoms in total. The minimum absolute atomic E-state index is 0.278. The number of carbonyl (C=O) groups is 2. The van der Waals surface area contributed by atoms with Gasteiger partial charge in [-0.3, -0.25) is 4.79 Å². The lowest BCUT2D eigenvalue weighted by Crippen LogP contribution is -2.47. The molecule has 2 rings (SSSR count). The van der Waals surface area contributed by atoms with E-state index in [0.717, 1.165) is 11.1 Å². The highest BCUT2D eigenvalue weighted by molar-refractivity contribution is 5.85. The molecule has 162 valence electrons. The van der Waals surface area contributed by atoms with Gasteiger partial charge in [0.15, 0.2) is 0 Å². The van der Waals surface area contributed by atoms with Gasteiger partial charge in [-0.1, -0.05) is 31.2 Å². The van der Waals surface area contributed by atoms with Crippen molar-refractivity contribution in [3.63, 3.8) is 0 Å². The van der Waals surface area contributed by atoms with E-state index in [0.29, 0.717) is 25.3 Å². The maximum Gasteiger partial charge on any atom is 0.408 e. The third-order valence-electron chi connectivity index (χ3n) is 4.12. The Bertz CT molecular complexity index is 830. The summed E-state index contributed by atoms with van der Waals surface area (Å²) in [5.41, 5.74) is 1.14. The second-order valence-electron chi connectivity index (χ2n) is 7.88. The Labute approximate surface area is 176 Å². The van der Waals surface area contributed by atoms with Gasteiger partial charge in [-0.2, -0.15) is 0 Å². The molecule has 30 heavy (non-hydrogen) atoms. The van der Waals surface area contributed by atoms with Gasteiger partial charge >= 0.3 is 6.09 Å². The zero-order valence-electron chi connectivity index (χ0n) is 17.8. The van der Waals surface area contributed by atoms with Crippen molar-refractivity contribution in [3.8, 4) is 5.75 Å². The molecule has 0 saturated carbocycles. The molecule has 0 saturated heterocycles. The number of benzene rings is 2. The monoisotopic (exact) mass is 416 g/mol. The summed E-state index contributed by atoms with van der Waals surface area (Å²) in [6.45, 7) is 7.77. The molecule has 0 aliphatic rings. The number of carbonyl (C=O) groups excluding carboxylic acids is 2. The third-order valence-corrected chi connectivity index (χ3v) is 4.12. The van der Waals surface area contributed by atoms with Crippen molar-refractivity contribution in [1.29, 1.82) is 0 Å². The summed E-state index contributed by atoms with van der Waals surface area (Å²) in [7, 11) is 0. The van der Waals surface area contributed by atoms with Gasteiger partial charge in [-0.05, 0) is 62.6 Å². The molecular weight excluding hydrogens is 387 g/mol. The lowest BCUT2D eigenvalue weighted by atomic mass is 10.2. The van der Waals surface area contributed by atoms with Crippen molar-refractivity contribution in [3.05, 3.63) is 65.5 Å². The summed E-state index contributed by atoms with van der Waals surface area (Å²) in [5.74, 6) is 0.115. The zero-order valence-corrected chi connectivity index (χ0v) is 17.8. The quantitative estimate of drug-likeness (QED) is 0.672. The Morgan fingerprint density at radius 3 is 2.17 bits per heavy atom. The third kappa shape index (κ3) is 8.11. The van der Waals surface area contributed by atoms with E-state index in [-0.39, 0.29) is 11.7 Å². The van der Waals surface area contributed by atoms with E-state index in [1.807, 2.05) is 19.1 Å². The number of hydrogen-bond acceptors (Lipinski definition) is 4. The molecule has 0 aromatic heterocycles. The van der Waals surface area contributed by atoms with Gasteiger partial charge in [-0.15, -0.1) is 0 Å². The van der Waals surface area contributed by atoms with Crippen molar-refractivity contribution in [2.45, 2.75) is 58.9 Å². The fraction of sp³-hybridized carbons (Fsp3) is 0.391. The lowest BCUT2D eigenvalue weighted by molar-refractivity contribution is -0.123. The van der Waals surface area contributed by atoms with Gasteiger partial charge in [0, 0.05) is 6.54 Å². The predicted octanol–water partition coefficient (Wildman–Crippen LogP) is 4.32. The predicted molar refractivity (Wildman–Crippen MR) is 112 cm³/mol. The highest BCUT2D eigenvalue weighted by Crippen LogP contribution is 2.15. The second-order valence-corrected chi connectivity index (χ2v) is 7.88. The average molecular weight is 416 g/mol. The summed E-state index contributed by atoms with van der Waals surface area (Å²) in [6.07, 6.45) is -0.173. The molecule has 0 aliphatic heterocycles. The normalized spacial score (nSPS) is 12.0. The first kappa shape index (κ1) is 23.2. The van der Waals surface area contributed by atoms with E-state index in [1.54, 1.807) is 45.0 Å². The molecule has 0 radical (unpaired) electrons. The number of nitrogens with one attached hydrogen (secondary N) is 2. The first-order chi connectivity index (χ1) is 14.2. The van der Waals surface area contributed by atoms with Crippen LogP contribution in [0.25, 0.3) is 0 Å². The van der Waals surface area contributed by atoms with Gasteiger partial charge < -0.3 is 20.1 Å². The molecule has 0 heterocycles. The van der Waals surface area contributed by atoms with Crippen LogP contribution in [-0.2, 0) is 22.7 Å². The SMILES string of the molecule is CCC(NC(=O)OC(C)(C)C)C(=O)NCc1ccc(OCc2ccc(F)cc2)cc1. The highest BCUT2D eigenvalue weighted by Gasteiger charge is 2.22. The van der Waals surface area contributed by atoms with Crippen molar-refractivity contribution in [1.82, 2.24) is 10.6 Å². The molecule has 2 N–H and O–H groups in total. The number of rotatable bonds is 8. The van der Waals surface area contributed by atoms with E-state index >= 15 is 0 Å². The Morgan fingerprint density at radius 2 is 1.60 bits per heavy atom. The van der Waals surface area contributed by atoms with Crippen LogP contribution in [0.5, 0.6) is 5.75 Å². The molecule has 0 fully saturated rings. The molecule has 1 unspecified atom stereocenters. The molecule has 0 bridgehead atoms. The van der Waals surface area contributed by atoms with E-state index in [4.69, 9.17) is 9.47 Å². The van der Waals surface area contributed by atoms with Gasteiger partial charge in [0.05, 0.1) is 0 Å². The molecule has 1 atom stereocenters. The Balaban J connectivity index is 1.80. The first-order valence-electron chi connectivity index (χ1n) is 9.89. The van der Waals surface area contributed by atoms with Crippen LogP contribution in [0.4, 0.5) is 9.18 Å². The van der Waals surface area contributed by atoms with Crippen LogP contribution in [0.15, 0.2) is 48.5 Å².